The normalized spacial score (nSPS) is 14.8. The molecule has 1 aromatic rings. The zero-order valence-electron chi connectivity index (χ0n) is 10.3. The molecule has 1 N–H and O–H groups in total. The van der Waals surface area contributed by atoms with Crippen molar-refractivity contribution in [2.45, 2.75) is 19.3 Å². The number of hydrogen-bond donors (Lipinski definition) is 1. The third-order valence-electron chi connectivity index (χ3n) is 3.17. The van der Waals surface area contributed by atoms with E-state index in [-0.39, 0.29) is 0 Å². The molecule has 0 radical (unpaired) electrons. The van der Waals surface area contributed by atoms with Gasteiger partial charge in [-0.25, -0.2) is 0 Å². The van der Waals surface area contributed by atoms with Crippen molar-refractivity contribution >= 4 is 5.97 Å². The summed E-state index contributed by atoms with van der Waals surface area (Å²) in [4.78, 5) is 11.4. The maximum atomic E-state index is 11.4. The first kappa shape index (κ1) is 12.4. The molecule has 1 aliphatic carbocycles. The maximum Gasteiger partial charge on any atom is 0.311 e. The molecule has 1 aromatic carbocycles. The fourth-order valence-electron chi connectivity index (χ4n) is 2.12. The second kappa shape index (κ2) is 5.50. The summed E-state index contributed by atoms with van der Waals surface area (Å²) in [7, 11) is 0. The lowest BCUT2D eigenvalue weighted by Gasteiger charge is -2.14. The Morgan fingerprint density at radius 1 is 1.17 bits per heavy atom. The Kier molecular flexibility index (Phi) is 3.78. The smallest absolute Gasteiger partial charge is 0.311 e. The van der Waals surface area contributed by atoms with Crippen LogP contribution in [0.3, 0.4) is 0 Å². The maximum absolute atomic E-state index is 11.4. The van der Waals surface area contributed by atoms with E-state index in [0.29, 0.717) is 6.42 Å². The van der Waals surface area contributed by atoms with Crippen LogP contribution in [0.2, 0.25) is 0 Å². The molecular weight excluding hydrogens is 224 g/mol. The van der Waals surface area contributed by atoms with Gasteiger partial charge in [0.15, 0.2) is 0 Å². The highest BCUT2D eigenvalue weighted by Gasteiger charge is 2.20. The molecule has 1 unspecified atom stereocenters. The van der Waals surface area contributed by atoms with Crippen LogP contribution in [0, 0.1) is 0 Å². The molecule has 18 heavy (non-hydrogen) atoms. The number of aliphatic carboxylic acids is 1. The van der Waals surface area contributed by atoms with Gasteiger partial charge in [-0.05, 0) is 24.5 Å². The lowest BCUT2D eigenvalue weighted by Crippen LogP contribution is -2.12. The zero-order valence-corrected chi connectivity index (χ0v) is 10.3. The standard InChI is InChI=1S/C16H16O2/c1-12(13-7-5-6-8-13)11-15(16(17)18)14-9-3-2-4-10-14/h2-10,15H,11H2,1H3,(H,17,18). The number of carboxylic acid groups (broad SMARTS) is 1. The molecule has 0 saturated carbocycles. The van der Waals surface area contributed by atoms with E-state index < -0.39 is 11.9 Å². The summed E-state index contributed by atoms with van der Waals surface area (Å²) >= 11 is 0. The fourth-order valence-corrected chi connectivity index (χ4v) is 2.12. The van der Waals surface area contributed by atoms with E-state index in [0.717, 1.165) is 16.7 Å². The van der Waals surface area contributed by atoms with Crippen LogP contribution in [0.1, 0.15) is 24.8 Å². The Labute approximate surface area is 107 Å². The fraction of sp³-hybridized carbons (Fsp3) is 0.188. The van der Waals surface area contributed by atoms with Gasteiger partial charge >= 0.3 is 5.97 Å². The molecule has 0 amide bonds. The average Bonchev–Trinajstić information content (AvgIpc) is 2.90. The second-order valence-corrected chi connectivity index (χ2v) is 4.46. The molecule has 2 nitrogen and oxygen atoms in total. The van der Waals surface area contributed by atoms with E-state index in [2.05, 4.69) is 0 Å². The first-order valence-electron chi connectivity index (χ1n) is 6.00. The topological polar surface area (TPSA) is 37.3 Å². The molecule has 0 bridgehead atoms. The predicted molar refractivity (Wildman–Crippen MR) is 72.4 cm³/mol. The minimum Gasteiger partial charge on any atom is -0.481 e. The third-order valence-corrected chi connectivity index (χ3v) is 3.17. The lowest BCUT2D eigenvalue weighted by atomic mass is 9.91. The Balaban J connectivity index is 2.23. The van der Waals surface area contributed by atoms with Gasteiger partial charge in [0.25, 0.3) is 0 Å². The molecular formula is C16H16O2. The van der Waals surface area contributed by atoms with Crippen molar-refractivity contribution in [3.8, 4) is 0 Å². The lowest BCUT2D eigenvalue weighted by molar-refractivity contribution is -0.138. The Morgan fingerprint density at radius 3 is 2.33 bits per heavy atom. The summed E-state index contributed by atoms with van der Waals surface area (Å²) in [6.45, 7) is 1.99. The number of allylic oxidation sites excluding steroid dienone is 6. The molecule has 0 aliphatic heterocycles. The molecule has 0 fully saturated rings. The molecule has 2 rings (SSSR count). The quantitative estimate of drug-likeness (QED) is 0.871. The van der Waals surface area contributed by atoms with Crippen molar-refractivity contribution in [2.75, 3.05) is 0 Å². The van der Waals surface area contributed by atoms with Gasteiger partial charge in [-0.15, -0.1) is 0 Å². The molecule has 0 spiro atoms. The van der Waals surface area contributed by atoms with Crippen molar-refractivity contribution in [3.63, 3.8) is 0 Å². The summed E-state index contributed by atoms with van der Waals surface area (Å²) in [6.07, 6.45) is 8.51. The Morgan fingerprint density at radius 2 is 1.78 bits per heavy atom. The molecule has 0 saturated heterocycles. The van der Waals surface area contributed by atoms with Crippen molar-refractivity contribution in [1.29, 1.82) is 0 Å². The van der Waals surface area contributed by atoms with E-state index in [9.17, 15) is 9.90 Å². The van der Waals surface area contributed by atoms with Gasteiger partial charge in [-0.2, -0.15) is 0 Å². The van der Waals surface area contributed by atoms with Crippen LogP contribution >= 0.6 is 0 Å². The molecule has 92 valence electrons. The monoisotopic (exact) mass is 240 g/mol. The Hall–Kier alpha value is -2.09. The van der Waals surface area contributed by atoms with E-state index in [1.54, 1.807) is 0 Å². The van der Waals surface area contributed by atoms with E-state index in [4.69, 9.17) is 0 Å². The zero-order chi connectivity index (χ0) is 13.0. The van der Waals surface area contributed by atoms with Crippen LogP contribution in [0.4, 0.5) is 0 Å². The van der Waals surface area contributed by atoms with E-state index >= 15 is 0 Å². The summed E-state index contributed by atoms with van der Waals surface area (Å²) in [6, 6.07) is 9.40. The highest BCUT2D eigenvalue weighted by molar-refractivity contribution is 5.76. The van der Waals surface area contributed by atoms with Crippen molar-refractivity contribution in [2.24, 2.45) is 0 Å². The third kappa shape index (κ3) is 2.77. The van der Waals surface area contributed by atoms with E-state index in [1.165, 1.54) is 0 Å². The predicted octanol–water partition coefficient (Wildman–Crippen LogP) is 3.69. The number of rotatable bonds is 4. The first-order chi connectivity index (χ1) is 8.68. The van der Waals surface area contributed by atoms with Gasteiger partial charge in [-0.3, -0.25) is 4.79 Å². The van der Waals surface area contributed by atoms with Crippen LogP contribution in [0.15, 0.2) is 65.8 Å². The molecule has 2 heteroatoms. The number of hydrogen-bond acceptors (Lipinski definition) is 1. The SMILES string of the molecule is CC(CC(C(=O)O)c1ccccc1)=C1C=CC=C1. The Bertz CT molecular complexity index is 507. The van der Waals surface area contributed by atoms with Gasteiger partial charge in [0.2, 0.25) is 0 Å². The molecule has 1 atom stereocenters. The molecule has 0 aromatic heterocycles. The van der Waals surface area contributed by atoms with Crippen molar-refractivity contribution in [3.05, 3.63) is 71.3 Å². The second-order valence-electron chi connectivity index (χ2n) is 4.46. The van der Waals surface area contributed by atoms with Gasteiger partial charge in [0, 0.05) is 0 Å². The molecule has 1 aliphatic rings. The van der Waals surface area contributed by atoms with E-state index in [1.807, 2.05) is 61.6 Å². The van der Waals surface area contributed by atoms with Crippen LogP contribution < -0.4 is 0 Å². The highest BCUT2D eigenvalue weighted by atomic mass is 16.4. The van der Waals surface area contributed by atoms with Crippen LogP contribution in [0.25, 0.3) is 0 Å². The summed E-state index contributed by atoms with van der Waals surface area (Å²) in [5.74, 6) is -1.24. The first-order valence-corrected chi connectivity index (χ1v) is 6.00. The number of carboxylic acids is 1. The van der Waals surface area contributed by atoms with Crippen LogP contribution in [-0.4, -0.2) is 11.1 Å². The number of carbonyl (C=O) groups is 1. The summed E-state index contributed by atoms with van der Waals surface area (Å²) < 4.78 is 0. The largest absolute Gasteiger partial charge is 0.481 e. The van der Waals surface area contributed by atoms with Crippen molar-refractivity contribution < 1.29 is 9.90 Å². The average molecular weight is 240 g/mol. The minimum absolute atomic E-state index is 0.471. The van der Waals surface area contributed by atoms with Gasteiger partial charge < -0.3 is 5.11 Å². The van der Waals surface area contributed by atoms with Crippen molar-refractivity contribution in [1.82, 2.24) is 0 Å². The highest BCUT2D eigenvalue weighted by Crippen LogP contribution is 2.27. The molecule has 0 heterocycles. The van der Waals surface area contributed by atoms with Gasteiger partial charge in [0.05, 0.1) is 5.92 Å². The minimum atomic E-state index is -0.771. The van der Waals surface area contributed by atoms with Crippen LogP contribution in [-0.2, 0) is 4.79 Å². The van der Waals surface area contributed by atoms with Gasteiger partial charge in [-0.1, -0.05) is 60.2 Å². The number of benzene rings is 1. The van der Waals surface area contributed by atoms with Gasteiger partial charge in [0.1, 0.15) is 0 Å². The van der Waals surface area contributed by atoms with Crippen LogP contribution in [0.5, 0.6) is 0 Å². The summed E-state index contributed by atoms with van der Waals surface area (Å²) in [5.41, 5.74) is 3.09. The summed E-state index contributed by atoms with van der Waals surface area (Å²) in [5, 5.41) is 9.36.